The van der Waals surface area contributed by atoms with Crippen molar-refractivity contribution in [2.24, 2.45) is 0 Å². The highest BCUT2D eigenvalue weighted by Gasteiger charge is 1.90. The number of aromatic amines is 1. The molecule has 2 aromatic heterocycles. The van der Waals surface area contributed by atoms with Gasteiger partial charge in [0, 0.05) is 6.07 Å². The minimum Gasteiger partial charge on any atom is -0.239 e. The van der Waals surface area contributed by atoms with Crippen molar-refractivity contribution in [3.05, 3.63) is 12.3 Å². The number of hydrogen-bond donors (Lipinski definition) is 1. The molecule has 0 radical (unpaired) electrons. The molecule has 1 N–H and O–H groups in total. The monoisotopic (exact) mass is 109 g/mol. The van der Waals surface area contributed by atoms with Crippen molar-refractivity contribution < 1.29 is 0 Å². The van der Waals surface area contributed by atoms with Crippen LogP contribution in [0.3, 0.4) is 0 Å². The lowest BCUT2D eigenvalue weighted by atomic mass is 10.7. The number of nitrogens with one attached hydrogen (secondary N) is 1. The smallest absolute Gasteiger partial charge is 0.173 e. The quantitative estimate of drug-likeness (QED) is 0.494. The zero-order valence-electron chi connectivity index (χ0n) is 3.94. The Bertz CT molecular complexity index is 229. The van der Waals surface area contributed by atoms with Crippen LogP contribution in [0.2, 0.25) is 0 Å². The van der Waals surface area contributed by atoms with E-state index >= 15 is 0 Å². The summed E-state index contributed by atoms with van der Waals surface area (Å²) in [4.78, 5) is 0. The van der Waals surface area contributed by atoms with Crippen LogP contribution in [0.4, 0.5) is 0 Å². The van der Waals surface area contributed by atoms with Crippen LogP contribution < -0.4 is 0 Å². The van der Waals surface area contributed by atoms with Crippen LogP contribution in [-0.2, 0) is 0 Å². The molecular weight excluding hydrogens is 106 g/mol. The summed E-state index contributed by atoms with van der Waals surface area (Å²) in [5.74, 6) is 0. The van der Waals surface area contributed by atoms with Gasteiger partial charge >= 0.3 is 0 Å². The van der Waals surface area contributed by atoms with Crippen LogP contribution in [0, 0.1) is 0 Å². The number of hydrogen-bond acceptors (Lipinski definition) is 3. The Morgan fingerprint density at radius 2 is 2.62 bits per heavy atom. The molecule has 0 amide bonds. The second kappa shape index (κ2) is 1.06. The number of nitrogens with zero attached hydrogens (tertiary/aromatic N) is 4. The van der Waals surface area contributed by atoms with Crippen molar-refractivity contribution in [3.63, 3.8) is 0 Å². The molecule has 0 bridgehead atoms. The molecule has 40 valence electrons. The highest BCUT2D eigenvalue weighted by atomic mass is 15.6. The lowest BCUT2D eigenvalue weighted by Crippen LogP contribution is -1.83. The SMILES string of the molecule is c1cc2[nH]nnn2n1. The molecule has 0 atom stereocenters. The molecule has 5 nitrogen and oxygen atoms in total. The topological polar surface area (TPSA) is 58.9 Å². The van der Waals surface area contributed by atoms with Gasteiger partial charge in [0.1, 0.15) is 0 Å². The highest BCUT2D eigenvalue weighted by molar-refractivity contribution is 5.31. The van der Waals surface area contributed by atoms with E-state index in [0.717, 1.165) is 5.65 Å². The molecule has 2 aromatic rings. The largest absolute Gasteiger partial charge is 0.239 e. The third-order valence-corrected chi connectivity index (χ3v) is 0.918. The van der Waals surface area contributed by atoms with Crippen LogP contribution in [0.5, 0.6) is 0 Å². The normalized spacial score (nSPS) is 10.5. The molecule has 0 saturated heterocycles. The van der Waals surface area contributed by atoms with Gasteiger partial charge in [-0.3, -0.25) is 0 Å². The van der Waals surface area contributed by atoms with E-state index in [4.69, 9.17) is 0 Å². The molecule has 0 spiro atoms. The molecule has 2 rings (SSSR count). The average Bonchev–Trinajstić information content (AvgIpc) is 2.15. The van der Waals surface area contributed by atoms with E-state index < -0.39 is 0 Å². The zero-order valence-corrected chi connectivity index (χ0v) is 3.94. The van der Waals surface area contributed by atoms with E-state index in [9.17, 15) is 0 Å². The second-order valence-corrected chi connectivity index (χ2v) is 1.41. The fraction of sp³-hybridized carbons (Fsp3) is 0. The number of H-pyrrole nitrogens is 1. The van der Waals surface area contributed by atoms with E-state index in [1.807, 2.05) is 0 Å². The lowest BCUT2D eigenvalue weighted by molar-refractivity contribution is 0.743. The van der Waals surface area contributed by atoms with Gasteiger partial charge in [-0.2, -0.15) is 5.10 Å². The first-order chi connectivity index (χ1) is 3.97. The number of tetrazole rings is 1. The summed E-state index contributed by atoms with van der Waals surface area (Å²) in [7, 11) is 0. The van der Waals surface area contributed by atoms with Crippen molar-refractivity contribution in [2.45, 2.75) is 0 Å². The molecule has 0 aliphatic rings. The molecule has 0 unspecified atom stereocenters. The summed E-state index contributed by atoms with van der Waals surface area (Å²) >= 11 is 0. The Morgan fingerprint density at radius 1 is 1.62 bits per heavy atom. The molecule has 0 aliphatic carbocycles. The maximum Gasteiger partial charge on any atom is 0.173 e. The first kappa shape index (κ1) is 3.59. The highest BCUT2D eigenvalue weighted by Crippen LogP contribution is 1.88. The molecule has 5 heteroatoms. The van der Waals surface area contributed by atoms with Crippen molar-refractivity contribution in [3.8, 4) is 0 Å². The molecule has 8 heavy (non-hydrogen) atoms. The van der Waals surface area contributed by atoms with Gasteiger partial charge < -0.3 is 0 Å². The van der Waals surface area contributed by atoms with E-state index in [2.05, 4.69) is 20.6 Å². The van der Waals surface area contributed by atoms with Crippen molar-refractivity contribution in [2.75, 3.05) is 0 Å². The number of aromatic nitrogens is 5. The van der Waals surface area contributed by atoms with Crippen molar-refractivity contribution in [1.29, 1.82) is 0 Å². The van der Waals surface area contributed by atoms with Gasteiger partial charge in [-0.05, 0) is 10.4 Å². The Kier molecular flexibility index (Phi) is 0.476. The van der Waals surface area contributed by atoms with Crippen LogP contribution in [0.25, 0.3) is 5.65 Å². The van der Waals surface area contributed by atoms with Crippen LogP contribution in [0.1, 0.15) is 0 Å². The average molecular weight is 109 g/mol. The summed E-state index contributed by atoms with van der Waals surface area (Å²) in [5.41, 5.74) is 0.810. The maximum atomic E-state index is 3.79. The summed E-state index contributed by atoms with van der Waals surface area (Å²) in [5, 5.41) is 13.5. The minimum absolute atomic E-state index is 0.810. The first-order valence-corrected chi connectivity index (χ1v) is 2.18. The zero-order chi connectivity index (χ0) is 5.40. The summed E-state index contributed by atoms with van der Waals surface area (Å²) in [6.45, 7) is 0. The standard InChI is InChI=1S/C3H3N5/c1-2-4-8-3(1)5-6-7-8/h1-2H,(H,5,7). The molecular formula is C3H3N5. The van der Waals surface area contributed by atoms with Gasteiger partial charge in [0.15, 0.2) is 5.65 Å². The number of rotatable bonds is 0. The first-order valence-electron chi connectivity index (χ1n) is 2.18. The molecule has 0 aromatic carbocycles. The number of fused-ring (bicyclic) bond motifs is 1. The van der Waals surface area contributed by atoms with E-state index in [0.29, 0.717) is 0 Å². The predicted octanol–water partition coefficient (Wildman–Crippen LogP) is -0.548. The fourth-order valence-electron chi connectivity index (χ4n) is 0.565. The molecule has 0 fully saturated rings. The van der Waals surface area contributed by atoms with Gasteiger partial charge in [0.2, 0.25) is 0 Å². The molecule has 0 saturated carbocycles. The van der Waals surface area contributed by atoms with Crippen molar-refractivity contribution in [1.82, 2.24) is 25.3 Å². The van der Waals surface area contributed by atoms with E-state index in [1.54, 1.807) is 12.3 Å². The lowest BCUT2D eigenvalue weighted by Gasteiger charge is -1.66. The van der Waals surface area contributed by atoms with E-state index in [-0.39, 0.29) is 0 Å². The fourth-order valence-corrected chi connectivity index (χ4v) is 0.565. The van der Waals surface area contributed by atoms with Crippen LogP contribution in [-0.4, -0.2) is 25.3 Å². The summed E-state index contributed by atoms with van der Waals surface area (Å²) < 4.78 is 1.42. The minimum atomic E-state index is 0.810. The van der Waals surface area contributed by atoms with E-state index in [1.165, 1.54) is 4.63 Å². The van der Waals surface area contributed by atoms with Crippen molar-refractivity contribution >= 4 is 5.65 Å². The van der Waals surface area contributed by atoms with Gasteiger partial charge in [-0.25, -0.2) is 5.10 Å². The predicted molar refractivity (Wildman–Crippen MR) is 25.1 cm³/mol. The summed E-state index contributed by atoms with van der Waals surface area (Å²) in [6.07, 6.45) is 1.65. The Morgan fingerprint density at radius 3 is 3.50 bits per heavy atom. The third-order valence-electron chi connectivity index (χ3n) is 0.918. The molecule has 2 heterocycles. The summed E-state index contributed by atoms with van der Waals surface area (Å²) in [6, 6.07) is 1.79. The van der Waals surface area contributed by atoms with Crippen LogP contribution >= 0.6 is 0 Å². The van der Waals surface area contributed by atoms with Gasteiger partial charge in [0.05, 0.1) is 6.20 Å². The molecule has 0 aliphatic heterocycles. The van der Waals surface area contributed by atoms with Gasteiger partial charge in [-0.1, -0.05) is 0 Å². The second-order valence-electron chi connectivity index (χ2n) is 1.41. The third kappa shape index (κ3) is 0.281. The Hall–Kier alpha value is -1.39. The van der Waals surface area contributed by atoms with Gasteiger partial charge in [-0.15, -0.1) is 4.63 Å². The van der Waals surface area contributed by atoms with Gasteiger partial charge in [0.25, 0.3) is 0 Å². The Labute approximate surface area is 44.3 Å². The Balaban J connectivity index is 3.06. The maximum absolute atomic E-state index is 3.79. The van der Waals surface area contributed by atoms with Crippen LogP contribution in [0.15, 0.2) is 12.3 Å².